The molecule has 0 heterocycles. The molecule has 1 atom stereocenters. The third-order valence-electron chi connectivity index (χ3n) is 1.40. The van der Waals surface area contributed by atoms with Crippen LogP contribution in [0.2, 0.25) is 0 Å². The fourth-order valence-corrected chi connectivity index (χ4v) is 0.734. The summed E-state index contributed by atoms with van der Waals surface area (Å²) in [5.74, 6) is 0.840. The van der Waals surface area contributed by atoms with Gasteiger partial charge in [-0.25, -0.2) is 0 Å². The molecule has 1 unspecified atom stereocenters. The molecule has 44 valence electrons. The number of aliphatic hydroxyl groups excluding tert-OH is 1. The minimum atomic E-state index is 0.333. The van der Waals surface area contributed by atoms with Gasteiger partial charge in [-0.15, -0.1) is 0 Å². The zero-order valence-corrected chi connectivity index (χ0v) is 4.96. The smallest absolute Gasteiger partial charge is 0.0953 e. The molecule has 1 heteroatoms. The van der Waals surface area contributed by atoms with Gasteiger partial charge in [0.2, 0.25) is 0 Å². The Morgan fingerprint density at radius 1 is 1.75 bits per heavy atom. The zero-order valence-electron chi connectivity index (χ0n) is 4.96. The van der Waals surface area contributed by atoms with Crippen LogP contribution in [0.1, 0.15) is 13.3 Å². The van der Waals surface area contributed by atoms with E-state index in [-0.39, 0.29) is 0 Å². The first-order chi connectivity index (χ1) is 3.80. The molecule has 0 saturated carbocycles. The molecule has 0 saturated heterocycles. The number of hydrogen-bond donors (Lipinski definition) is 1. The zero-order chi connectivity index (χ0) is 5.98. The molecule has 0 aliphatic heterocycles. The molecule has 0 radical (unpaired) electrons. The van der Waals surface area contributed by atoms with Gasteiger partial charge in [-0.2, -0.15) is 0 Å². The minimum Gasteiger partial charge on any atom is -0.512 e. The fraction of sp³-hybridized carbons (Fsp3) is 0.429. The van der Waals surface area contributed by atoms with Crippen molar-refractivity contribution in [1.29, 1.82) is 0 Å². The monoisotopic (exact) mass is 110 g/mol. The van der Waals surface area contributed by atoms with Crippen molar-refractivity contribution < 1.29 is 5.11 Å². The second-order valence-corrected chi connectivity index (χ2v) is 2.16. The van der Waals surface area contributed by atoms with Crippen molar-refractivity contribution in [3.63, 3.8) is 0 Å². The largest absolute Gasteiger partial charge is 0.512 e. The molecule has 0 spiro atoms. The molecule has 1 nitrogen and oxygen atoms in total. The van der Waals surface area contributed by atoms with Gasteiger partial charge in [0, 0.05) is 5.92 Å². The summed E-state index contributed by atoms with van der Waals surface area (Å²) in [4.78, 5) is 0. The molecule has 0 aromatic heterocycles. The SMILES string of the molecule is CC1CC=CC=C1O. The van der Waals surface area contributed by atoms with Crippen molar-refractivity contribution in [2.75, 3.05) is 0 Å². The van der Waals surface area contributed by atoms with E-state index in [4.69, 9.17) is 5.11 Å². The average Bonchev–Trinajstić information content (AvgIpc) is 1.77. The Hall–Kier alpha value is -0.720. The molecular formula is C7H10O. The molecule has 0 aromatic rings. The van der Waals surface area contributed by atoms with E-state index in [1.54, 1.807) is 6.08 Å². The maximum Gasteiger partial charge on any atom is 0.0953 e. The van der Waals surface area contributed by atoms with Crippen LogP contribution in [0, 0.1) is 5.92 Å². The minimum absolute atomic E-state index is 0.333. The van der Waals surface area contributed by atoms with E-state index >= 15 is 0 Å². The third kappa shape index (κ3) is 0.915. The normalized spacial score (nSPS) is 27.6. The Kier molecular flexibility index (Phi) is 1.38. The molecule has 0 aromatic carbocycles. The quantitative estimate of drug-likeness (QED) is 0.505. The lowest BCUT2D eigenvalue weighted by atomic mass is 10.0. The van der Waals surface area contributed by atoms with Gasteiger partial charge >= 0.3 is 0 Å². The lowest BCUT2D eigenvalue weighted by Gasteiger charge is -2.09. The van der Waals surface area contributed by atoms with Crippen LogP contribution in [0.15, 0.2) is 24.0 Å². The fourth-order valence-electron chi connectivity index (χ4n) is 0.734. The van der Waals surface area contributed by atoms with E-state index in [9.17, 15) is 0 Å². The lowest BCUT2D eigenvalue weighted by Crippen LogP contribution is -1.98. The van der Waals surface area contributed by atoms with Crippen LogP contribution in [0.5, 0.6) is 0 Å². The summed E-state index contributed by atoms with van der Waals surface area (Å²) >= 11 is 0. The number of allylic oxidation sites excluding steroid dienone is 4. The average molecular weight is 110 g/mol. The molecule has 1 aliphatic carbocycles. The molecule has 1 rings (SSSR count). The topological polar surface area (TPSA) is 20.2 Å². The number of aliphatic hydroxyl groups is 1. The van der Waals surface area contributed by atoms with Crippen LogP contribution < -0.4 is 0 Å². The maximum absolute atomic E-state index is 8.99. The highest BCUT2D eigenvalue weighted by Gasteiger charge is 2.05. The first-order valence-electron chi connectivity index (χ1n) is 2.86. The summed E-state index contributed by atoms with van der Waals surface area (Å²) in [6.45, 7) is 2.01. The summed E-state index contributed by atoms with van der Waals surface area (Å²) < 4.78 is 0. The highest BCUT2D eigenvalue weighted by Crippen LogP contribution is 2.15. The van der Waals surface area contributed by atoms with Crippen molar-refractivity contribution in [3.05, 3.63) is 24.0 Å². The van der Waals surface area contributed by atoms with E-state index in [0.717, 1.165) is 6.42 Å². The first kappa shape index (κ1) is 5.42. The van der Waals surface area contributed by atoms with Crippen molar-refractivity contribution in [1.82, 2.24) is 0 Å². The summed E-state index contributed by atoms with van der Waals surface area (Å²) in [5.41, 5.74) is 0. The highest BCUT2D eigenvalue weighted by atomic mass is 16.3. The predicted octanol–water partition coefficient (Wildman–Crippen LogP) is 2.02. The number of rotatable bonds is 0. The maximum atomic E-state index is 8.99. The second kappa shape index (κ2) is 2.03. The van der Waals surface area contributed by atoms with Crippen LogP contribution in [0.25, 0.3) is 0 Å². The summed E-state index contributed by atoms with van der Waals surface area (Å²) in [6, 6.07) is 0. The summed E-state index contributed by atoms with van der Waals surface area (Å²) in [7, 11) is 0. The summed E-state index contributed by atoms with van der Waals surface area (Å²) in [5, 5.41) is 8.99. The Bertz CT molecular complexity index is 133. The van der Waals surface area contributed by atoms with Crippen molar-refractivity contribution in [2.45, 2.75) is 13.3 Å². The van der Waals surface area contributed by atoms with Crippen molar-refractivity contribution >= 4 is 0 Å². The van der Waals surface area contributed by atoms with Gasteiger partial charge < -0.3 is 5.11 Å². The van der Waals surface area contributed by atoms with E-state index in [0.29, 0.717) is 11.7 Å². The Morgan fingerprint density at radius 2 is 2.50 bits per heavy atom. The highest BCUT2D eigenvalue weighted by molar-refractivity contribution is 5.14. The molecule has 0 bridgehead atoms. The Labute approximate surface area is 49.3 Å². The lowest BCUT2D eigenvalue weighted by molar-refractivity contribution is 0.339. The van der Waals surface area contributed by atoms with Crippen LogP contribution in [0.4, 0.5) is 0 Å². The number of hydrogen-bond acceptors (Lipinski definition) is 1. The van der Waals surface area contributed by atoms with E-state index in [1.165, 1.54) is 0 Å². The predicted molar refractivity (Wildman–Crippen MR) is 33.6 cm³/mol. The van der Waals surface area contributed by atoms with Gasteiger partial charge in [0.05, 0.1) is 5.76 Å². The first-order valence-corrected chi connectivity index (χ1v) is 2.86. The Morgan fingerprint density at radius 3 is 2.88 bits per heavy atom. The molecule has 0 amide bonds. The van der Waals surface area contributed by atoms with Gasteiger partial charge in [0.25, 0.3) is 0 Å². The van der Waals surface area contributed by atoms with Crippen molar-refractivity contribution in [3.8, 4) is 0 Å². The second-order valence-electron chi connectivity index (χ2n) is 2.16. The van der Waals surface area contributed by atoms with Gasteiger partial charge in [-0.05, 0) is 12.5 Å². The Balaban J connectivity index is 2.66. The van der Waals surface area contributed by atoms with E-state index in [1.807, 2.05) is 13.0 Å². The van der Waals surface area contributed by atoms with Crippen LogP contribution in [0.3, 0.4) is 0 Å². The van der Waals surface area contributed by atoms with E-state index < -0.39 is 0 Å². The van der Waals surface area contributed by atoms with Crippen LogP contribution in [-0.2, 0) is 0 Å². The summed E-state index contributed by atoms with van der Waals surface area (Å²) in [6.07, 6.45) is 6.66. The van der Waals surface area contributed by atoms with Gasteiger partial charge in [0.1, 0.15) is 0 Å². The molecule has 0 fully saturated rings. The van der Waals surface area contributed by atoms with E-state index in [2.05, 4.69) is 6.08 Å². The third-order valence-corrected chi connectivity index (χ3v) is 1.40. The standard InChI is InChI=1S/C7H10O/c1-6-4-2-3-5-7(6)8/h2-3,5-6,8H,4H2,1H3. The van der Waals surface area contributed by atoms with Gasteiger partial charge in [0.15, 0.2) is 0 Å². The van der Waals surface area contributed by atoms with Gasteiger partial charge in [-0.3, -0.25) is 0 Å². The van der Waals surface area contributed by atoms with Crippen molar-refractivity contribution in [2.24, 2.45) is 5.92 Å². The molecule has 1 aliphatic rings. The van der Waals surface area contributed by atoms with Gasteiger partial charge in [-0.1, -0.05) is 19.1 Å². The van der Waals surface area contributed by atoms with Crippen LogP contribution >= 0.6 is 0 Å². The molecule has 8 heavy (non-hydrogen) atoms. The molecule has 1 N–H and O–H groups in total. The van der Waals surface area contributed by atoms with Crippen LogP contribution in [-0.4, -0.2) is 5.11 Å². The molecular weight excluding hydrogens is 100 g/mol.